The molecule has 1 aromatic carbocycles. The average Bonchev–Trinajstić information content (AvgIpc) is 2.76. The van der Waals surface area contributed by atoms with Crippen LogP contribution in [0.3, 0.4) is 0 Å². The fourth-order valence-electron chi connectivity index (χ4n) is 2.23. The van der Waals surface area contributed by atoms with Crippen LogP contribution in [0.5, 0.6) is 0 Å². The van der Waals surface area contributed by atoms with Gasteiger partial charge in [0.25, 0.3) is 0 Å². The smallest absolute Gasteiger partial charge is 0.304 e. The van der Waals surface area contributed by atoms with Crippen molar-refractivity contribution in [3.63, 3.8) is 0 Å². The Morgan fingerprint density at radius 2 is 2.05 bits per heavy atom. The van der Waals surface area contributed by atoms with E-state index in [0.29, 0.717) is 17.0 Å². The minimum absolute atomic E-state index is 0.235. The predicted molar refractivity (Wildman–Crippen MR) is 72.4 cm³/mol. The number of aliphatic imine (C=N–C) groups is 1. The molecule has 21 heavy (non-hydrogen) atoms. The molecule has 0 bridgehead atoms. The molecule has 1 aliphatic carbocycles. The Kier molecular flexibility index (Phi) is 3.13. The molecule has 0 radical (unpaired) electrons. The van der Waals surface area contributed by atoms with Gasteiger partial charge in [-0.2, -0.15) is 18.2 Å². The van der Waals surface area contributed by atoms with E-state index in [1.54, 1.807) is 18.2 Å². The fraction of sp³-hybridized carbons (Fsp3) is 0.143. The van der Waals surface area contributed by atoms with Gasteiger partial charge in [0, 0.05) is 10.9 Å². The summed E-state index contributed by atoms with van der Waals surface area (Å²) in [6.07, 6.45) is 0.447. The molecule has 1 unspecified atom stereocenters. The van der Waals surface area contributed by atoms with Crippen LogP contribution < -0.4 is 5.32 Å². The van der Waals surface area contributed by atoms with Crippen molar-refractivity contribution in [1.29, 1.82) is 0 Å². The number of nitrogens with one attached hydrogen (secondary N) is 1. The molecule has 0 saturated carbocycles. The first kappa shape index (κ1) is 13.9. The first-order valence-corrected chi connectivity index (χ1v) is 6.39. The van der Waals surface area contributed by atoms with Crippen LogP contribution in [-0.2, 0) is 6.18 Å². The van der Waals surface area contributed by atoms with E-state index in [4.69, 9.17) is 11.6 Å². The van der Waals surface area contributed by atoms with Crippen molar-refractivity contribution in [2.24, 2.45) is 4.99 Å². The molecule has 1 aromatic rings. The van der Waals surface area contributed by atoms with Crippen LogP contribution in [0.4, 0.5) is 18.0 Å². The zero-order valence-corrected chi connectivity index (χ0v) is 11.2. The van der Waals surface area contributed by atoms with Gasteiger partial charge in [-0.1, -0.05) is 17.7 Å². The summed E-state index contributed by atoms with van der Waals surface area (Å²) in [5.41, 5.74) is 0.527. The van der Waals surface area contributed by atoms with Gasteiger partial charge in [0.1, 0.15) is 0 Å². The van der Waals surface area contributed by atoms with Crippen LogP contribution in [0, 0.1) is 0 Å². The number of fused-ring (bicyclic) bond motifs is 1. The summed E-state index contributed by atoms with van der Waals surface area (Å²) >= 11 is 6.00. The van der Waals surface area contributed by atoms with Gasteiger partial charge >= 0.3 is 12.2 Å². The van der Waals surface area contributed by atoms with E-state index in [0.717, 1.165) is 12.1 Å². The molecule has 0 saturated heterocycles. The lowest BCUT2D eigenvalue weighted by atomic mass is 9.91. The summed E-state index contributed by atoms with van der Waals surface area (Å²) < 4.78 is 38.3. The van der Waals surface area contributed by atoms with E-state index < -0.39 is 23.7 Å². The van der Waals surface area contributed by atoms with E-state index in [9.17, 15) is 18.0 Å². The summed E-state index contributed by atoms with van der Waals surface area (Å²) in [4.78, 5) is 14.9. The third kappa shape index (κ3) is 2.58. The Bertz CT molecular complexity index is 719. The molecule has 1 N–H and O–H groups in total. The maximum Gasteiger partial charge on any atom is 0.416 e. The highest BCUT2D eigenvalue weighted by atomic mass is 35.5. The Labute approximate surface area is 122 Å². The first-order valence-electron chi connectivity index (χ1n) is 6.01. The van der Waals surface area contributed by atoms with Crippen LogP contribution in [0.2, 0.25) is 5.02 Å². The number of rotatable bonds is 1. The number of hydrogen-bond donors (Lipinski definition) is 1. The predicted octanol–water partition coefficient (Wildman–Crippen LogP) is 4.06. The number of nitrogens with zero attached hydrogens (tertiary/aromatic N) is 1. The Balaban J connectivity index is 2.01. The van der Waals surface area contributed by atoms with Crippen molar-refractivity contribution in [2.45, 2.75) is 12.1 Å². The molecule has 0 spiro atoms. The van der Waals surface area contributed by atoms with Crippen LogP contribution in [0.25, 0.3) is 0 Å². The first-order chi connectivity index (χ1) is 9.84. The normalized spacial score (nSPS) is 20.8. The lowest BCUT2D eigenvalue weighted by molar-refractivity contribution is -0.137. The monoisotopic (exact) mass is 312 g/mol. The summed E-state index contributed by atoms with van der Waals surface area (Å²) in [5, 5.41) is 2.76. The second-order valence-corrected chi connectivity index (χ2v) is 5.03. The maximum atomic E-state index is 12.8. The topological polar surface area (TPSA) is 41.5 Å². The van der Waals surface area contributed by atoms with Gasteiger partial charge in [-0.25, -0.2) is 4.79 Å². The minimum Gasteiger partial charge on any atom is -0.304 e. The van der Waals surface area contributed by atoms with E-state index >= 15 is 0 Å². The van der Waals surface area contributed by atoms with Gasteiger partial charge in [-0.15, -0.1) is 0 Å². The maximum absolute atomic E-state index is 12.8. The molecule has 108 valence electrons. The molecule has 1 aliphatic heterocycles. The van der Waals surface area contributed by atoms with Gasteiger partial charge in [-0.3, -0.25) is 0 Å². The number of hydrogen-bond acceptors (Lipinski definition) is 1. The quantitative estimate of drug-likeness (QED) is 0.834. The van der Waals surface area contributed by atoms with Crippen molar-refractivity contribution in [3.8, 4) is 0 Å². The minimum atomic E-state index is -4.43. The van der Waals surface area contributed by atoms with Crippen LogP contribution in [0.15, 0.2) is 47.1 Å². The van der Waals surface area contributed by atoms with Crippen LogP contribution in [-0.4, -0.2) is 11.7 Å². The van der Waals surface area contributed by atoms with Crippen molar-refractivity contribution in [3.05, 3.63) is 58.3 Å². The molecule has 1 atom stereocenters. The number of amides is 2. The number of carbonyl (C=O) groups excluding carboxylic acids is 1. The lowest BCUT2D eigenvalue weighted by Crippen LogP contribution is -2.17. The van der Waals surface area contributed by atoms with Crippen molar-refractivity contribution in [1.82, 2.24) is 5.32 Å². The highest BCUT2D eigenvalue weighted by Crippen LogP contribution is 2.36. The van der Waals surface area contributed by atoms with Crippen molar-refractivity contribution < 1.29 is 18.0 Å². The van der Waals surface area contributed by atoms with Gasteiger partial charge in [0.15, 0.2) is 0 Å². The highest BCUT2D eigenvalue weighted by molar-refractivity contribution is 6.31. The van der Waals surface area contributed by atoms with Crippen LogP contribution >= 0.6 is 11.6 Å². The van der Waals surface area contributed by atoms with Crippen molar-refractivity contribution in [2.75, 3.05) is 0 Å². The molecule has 0 fully saturated rings. The molecule has 3 rings (SSSR count). The van der Waals surface area contributed by atoms with Gasteiger partial charge in [-0.05, 0) is 35.9 Å². The molecular weight excluding hydrogens is 305 g/mol. The lowest BCUT2D eigenvalue weighted by Gasteiger charge is -2.17. The third-order valence-electron chi connectivity index (χ3n) is 3.23. The Hall–Kier alpha value is -2.08. The van der Waals surface area contributed by atoms with Crippen molar-refractivity contribution >= 4 is 23.3 Å². The zero-order chi connectivity index (χ0) is 15.2. The number of halogens is 4. The Morgan fingerprint density at radius 3 is 2.76 bits per heavy atom. The largest absolute Gasteiger partial charge is 0.416 e. The van der Waals surface area contributed by atoms with Gasteiger partial charge in [0.2, 0.25) is 0 Å². The summed E-state index contributed by atoms with van der Waals surface area (Å²) in [7, 11) is 0. The number of alkyl halides is 3. The van der Waals surface area contributed by atoms with E-state index in [1.807, 2.05) is 0 Å². The third-order valence-corrected chi connectivity index (χ3v) is 3.57. The second kappa shape index (κ2) is 4.73. The SMILES string of the molecule is O=C1N=C2C=CC(c3cc(C(F)(F)F)ccc3Cl)C=C2N1. The molecule has 2 aliphatic rings. The molecule has 0 aromatic heterocycles. The summed E-state index contributed by atoms with van der Waals surface area (Å²) in [5.74, 6) is -0.452. The van der Waals surface area contributed by atoms with E-state index in [2.05, 4.69) is 10.3 Å². The Morgan fingerprint density at radius 1 is 1.29 bits per heavy atom. The molecule has 2 amide bonds. The summed E-state index contributed by atoms with van der Waals surface area (Å²) in [6, 6.07) is 2.70. The number of carbonyl (C=O) groups is 1. The molecule has 7 heteroatoms. The molecular formula is C14H8ClF3N2O. The van der Waals surface area contributed by atoms with E-state index in [-0.39, 0.29) is 5.02 Å². The average molecular weight is 313 g/mol. The number of urea groups is 1. The van der Waals surface area contributed by atoms with Crippen LogP contribution in [0.1, 0.15) is 17.0 Å². The molecule has 3 nitrogen and oxygen atoms in total. The summed E-state index contributed by atoms with van der Waals surface area (Å²) in [6.45, 7) is 0. The molecule has 1 heterocycles. The van der Waals surface area contributed by atoms with E-state index in [1.165, 1.54) is 6.07 Å². The second-order valence-electron chi connectivity index (χ2n) is 4.63. The zero-order valence-electron chi connectivity index (χ0n) is 10.4. The standard InChI is InChI=1S/C14H8ClF3N2O/c15-10-3-2-8(14(16,17)18)6-9(10)7-1-4-11-12(5-7)20-13(21)19-11/h1-7H,(H,20,21). The van der Waals surface area contributed by atoms with Gasteiger partial charge < -0.3 is 5.32 Å². The number of allylic oxidation sites excluding steroid dienone is 3. The highest BCUT2D eigenvalue weighted by Gasteiger charge is 2.32. The number of benzene rings is 1. The fourth-order valence-corrected chi connectivity index (χ4v) is 2.47. The van der Waals surface area contributed by atoms with Gasteiger partial charge in [0.05, 0.1) is 17.0 Å².